The third-order valence-corrected chi connectivity index (χ3v) is 13.7. The highest BCUT2D eigenvalue weighted by molar-refractivity contribution is 7.15. The van der Waals surface area contributed by atoms with Gasteiger partial charge in [-0.1, -0.05) is 41.7 Å². The first-order valence-corrected chi connectivity index (χ1v) is 26.8. The Morgan fingerprint density at radius 3 is 1.16 bits per heavy atom. The second-order valence-corrected chi connectivity index (χ2v) is 22.3. The molecule has 6 heterocycles. The smallest absolute Gasteiger partial charge is 0.351 e. The summed E-state index contributed by atoms with van der Waals surface area (Å²) in [4.78, 5) is 79.4. The van der Waals surface area contributed by atoms with Crippen LogP contribution in [0.1, 0.15) is 157 Å². The second kappa shape index (κ2) is 33.6. The van der Waals surface area contributed by atoms with Crippen LogP contribution >= 0.6 is 68.0 Å². The summed E-state index contributed by atoms with van der Waals surface area (Å²) in [5.41, 5.74) is 1.67. The van der Waals surface area contributed by atoms with Crippen molar-refractivity contribution in [2.75, 3.05) is 20.3 Å². The van der Waals surface area contributed by atoms with Crippen LogP contribution in [0.15, 0.2) is 6.58 Å². The molecule has 0 aliphatic carbocycles. The molecular weight excluding hydrogens is 1080 g/mol. The highest BCUT2D eigenvalue weighted by atomic mass is 32.1. The maximum atomic E-state index is 10.8. The summed E-state index contributed by atoms with van der Waals surface area (Å²) < 4.78 is 20.2. The Morgan fingerprint density at radius 1 is 0.500 bits per heavy atom. The van der Waals surface area contributed by atoms with Crippen molar-refractivity contribution in [2.45, 2.75) is 123 Å². The van der Waals surface area contributed by atoms with E-state index in [4.69, 9.17) is 49.6 Å². The minimum absolute atomic E-state index is 0. The minimum Gasteiger partial charge on any atom is -0.507 e. The average molecular weight is 1150 g/mol. The summed E-state index contributed by atoms with van der Waals surface area (Å²) in [5, 5.41) is 57.5. The van der Waals surface area contributed by atoms with Gasteiger partial charge < -0.3 is 49.6 Å². The normalized spacial score (nSPS) is 10.0. The number of aliphatic hydroxyl groups excluding tert-OH is 1. The largest absolute Gasteiger partial charge is 0.507 e. The van der Waals surface area contributed by atoms with Gasteiger partial charge in [0.05, 0.1) is 72.7 Å². The van der Waals surface area contributed by atoms with Gasteiger partial charge in [0.15, 0.2) is 19.5 Å². The van der Waals surface area contributed by atoms with Crippen LogP contribution in [-0.2, 0) is 12.8 Å². The van der Waals surface area contributed by atoms with Crippen molar-refractivity contribution >= 4 is 104 Å². The van der Waals surface area contributed by atoms with Gasteiger partial charge in [-0.3, -0.25) is 0 Å². The Morgan fingerprint density at radius 2 is 0.838 bits per heavy atom. The van der Waals surface area contributed by atoms with E-state index in [-0.39, 0.29) is 62.3 Å². The lowest BCUT2D eigenvalue weighted by Gasteiger charge is -2.06. The van der Waals surface area contributed by atoms with Crippen molar-refractivity contribution in [1.29, 1.82) is 0 Å². The number of aliphatic hydroxyl groups is 1. The lowest BCUT2D eigenvalue weighted by molar-refractivity contribution is 0.0684. The van der Waals surface area contributed by atoms with Crippen LogP contribution in [0, 0.1) is 47.5 Å². The molecule has 6 aromatic heterocycles. The third-order valence-electron chi connectivity index (χ3n) is 7.86. The first-order chi connectivity index (χ1) is 34.1. The molecule has 0 bridgehead atoms. The van der Waals surface area contributed by atoms with Crippen molar-refractivity contribution in [1.82, 2.24) is 29.9 Å². The van der Waals surface area contributed by atoms with Gasteiger partial charge in [0.25, 0.3) is 0 Å². The summed E-state index contributed by atoms with van der Waals surface area (Å²) in [7, 11) is 1.40. The number of methoxy groups -OCH3 is 1. The Labute approximate surface area is 454 Å². The fourth-order valence-electron chi connectivity index (χ4n) is 5.24. The second-order valence-electron chi connectivity index (χ2n) is 15.1. The summed E-state index contributed by atoms with van der Waals surface area (Å²) in [6.45, 7) is 28.7. The van der Waals surface area contributed by atoms with E-state index in [0.29, 0.717) is 44.0 Å². The predicted octanol–water partition coefficient (Wildman–Crippen LogP) is 12.1. The first-order valence-electron chi connectivity index (χ1n) is 21.9. The molecule has 0 unspecified atom stereocenters. The van der Waals surface area contributed by atoms with E-state index in [2.05, 4.69) is 50.3 Å². The van der Waals surface area contributed by atoms with Gasteiger partial charge in [-0.05, 0) is 87.5 Å². The van der Waals surface area contributed by atoms with Gasteiger partial charge in [-0.2, -0.15) is 0 Å². The van der Waals surface area contributed by atoms with Crippen LogP contribution in [0.25, 0.3) is 5.76 Å². The number of rotatable bonds is 17. The number of thiazole rings is 6. The Hall–Kier alpha value is -6.13. The summed E-state index contributed by atoms with van der Waals surface area (Å²) in [5.74, 6) is -3.32. The van der Waals surface area contributed by atoms with Crippen molar-refractivity contribution in [3.05, 3.63) is 77.3 Å². The van der Waals surface area contributed by atoms with Crippen LogP contribution in [0.5, 0.6) is 23.5 Å². The molecule has 0 fully saturated rings. The van der Waals surface area contributed by atoms with Gasteiger partial charge >= 0.3 is 29.8 Å². The van der Waals surface area contributed by atoms with Crippen LogP contribution in [0.4, 0.5) is 0 Å². The molecule has 0 saturated heterocycles. The number of hydrogen-bond acceptors (Lipinski definition) is 22. The molecule has 6 aromatic rings. The molecule has 410 valence electrons. The lowest BCUT2D eigenvalue weighted by Crippen LogP contribution is -2.08. The fraction of sp³-hybridized carbons (Fsp3) is 0.468. The molecular formula is C47H66N6O15S6. The number of hydrogen-bond donors (Lipinski definition) is 6. The van der Waals surface area contributed by atoms with Crippen LogP contribution in [-0.4, -0.2) is 117 Å². The molecule has 0 amide bonds. The van der Waals surface area contributed by atoms with E-state index >= 15 is 0 Å². The molecule has 0 spiro atoms. The number of nitrogens with zero attached hydrogens (tertiary/aromatic N) is 6. The summed E-state index contributed by atoms with van der Waals surface area (Å²) in [6.07, 6.45) is 2.38. The van der Waals surface area contributed by atoms with Crippen molar-refractivity contribution in [3.63, 3.8) is 0 Å². The number of aryl methyl sites for hydroxylation is 7. The number of carboxylic acids is 5. The van der Waals surface area contributed by atoms with E-state index in [0.717, 1.165) is 90.9 Å². The molecule has 74 heavy (non-hydrogen) atoms. The number of carbonyl (C=O) groups is 5. The Kier molecular flexibility index (Phi) is 30.9. The topological polar surface area (TPSA) is 321 Å². The fourth-order valence-corrected chi connectivity index (χ4v) is 9.73. The zero-order valence-electron chi connectivity index (χ0n) is 42.9. The quantitative estimate of drug-likeness (QED) is 0.0462. The minimum atomic E-state index is -0.993. The highest BCUT2D eigenvalue weighted by Crippen LogP contribution is 2.28. The molecule has 0 aliphatic heterocycles. The Balaban J connectivity index is 0.000000863. The summed E-state index contributed by atoms with van der Waals surface area (Å²) in [6, 6.07) is 0. The molecule has 0 aromatic carbocycles. The first kappa shape index (κ1) is 67.9. The maximum absolute atomic E-state index is 10.8. The van der Waals surface area contributed by atoms with Crippen LogP contribution < -0.4 is 18.9 Å². The van der Waals surface area contributed by atoms with Gasteiger partial charge in [0, 0.05) is 0 Å². The standard InChI is InChI=1S/C9H13NO2S.2C8H11NO3S.C8H11NOS.C7H9NO3S.C6H7NO3S.CH4/c1-5(2)4-7-8(9(11)12)13-6(3)10-7;1-4(2)12-7-6(8(10)11)13-5(3)9-7;1-3-4-12-7-6(8(10)11)13-5(2)9-7;1-4-7-8(5(2)10)11-6(3)9-7;1-3-11-6-5(7(9)10)12-4(2)8-6;1-3-7-5(10-2)4(11-3)6(8)9;/h5H,4H2,1-3H3,(H,11,12);4H,1-3H3,(H,10,11);3-4H2,1-2H3,(H,10,11);10H,2,4H2,1,3H3;3H2,1-2H3,(H,9,10);1-2H3,(H,8,9);1H4. The van der Waals surface area contributed by atoms with Crippen molar-refractivity contribution in [3.8, 4) is 23.5 Å². The highest BCUT2D eigenvalue weighted by Gasteiger charge is 2.20. The number of aromatic carboxylic acids is 5. The zero-order chi connectivity index (χ0) is 55.9. The SMILES string of the molecule is C.C=C(O)c1sc(C)nc1CC.CCCOc1nc(C)sc1C(=O)O.CCOc1nc(C)sc1C(=O)O.COc1nc(C)sc1C(=O)O.Cc1nc(CC(C)C)c(C(=O)O)s1.Cc1nc(OC(C)C)c(C(=O)O)s1. The van der Waals surface area contributed by atoms with Crippen molar-refractivity contribution < 1.29 is 73.6 Å². The predicted molar refractivity (Wildman–Crippen MR) is 291 cm³/mol. The Bertz CT molecular complexity index is 2630. The zero-order valence-corrected chi connectivity index (χ0v) is 47.8. The summed E-state index contributed by atoms with van der Waals surface area (Å²) >= 11 is 7.24. The molecule has 0 radical (unpaired) electrons. The molecule has 0 saturated carbocycles. The number of carboxylic acid groups (broad SMARTS) is 5. The molecule has 6 rings (SSSR count). The van der Waals surface area contributed by atoms with Crippen LogP contribution in [0.3, 0.4) is 0 Å². The van der Waals surface area contributed by atoms with Gasteiger partial charge in [-0.25, -0.2) is 53.9 Å². The molecule has 21 nitrogen and oxygen atoms in total. The monoisotopic (exact) mass is 1150 g/mol. The lowest BCUT2D eigenvalue weighted by atomic mass is 10.1. The average Bonchev–Trinajstić information content (AvgIpc) is 4.16. The van der Waals surface area contributed by atoms with E-state index in [1.165, 1.54) is 29.8 Å². The number of ether oxygens (including phenoxy) is 4. The van der Waals surface area contributed by atoms with Gasteiger partial charge in [0.2, 0.25) is 23.5 Å². The molecule has 0 atom stereocenters. The molecule has 0 aliphatic rings. The third kappa shape index (κ3) is 23.4. The van der Waals surface area contributed by atoms with Gasteiger partial charge in [-0.15, -0.1) is 68.0 Å². The number of aromatic nitrogens is 6. The van der Waals surface area contributed by atoms with E-state index in [1.807, 2.05) is 41.5 Å². The van der Waals surface area contributed by atoms with Crippen molar-refractivity contribution in [2.24, 2.45) is 5.92 Å². The van der Waals surface area contributed by atoms with E-state index in [9.17, 15) is 24.0 Å². The van der Waals surface area contributed by atoms with E-state index in [1.54, 1.807) is 34.6 Å². The van der Waals surface area contributed by atoms with Gasteiger partial charge in [0.1, 0.15) is 10.6 Å². The van der Waals surface area contributed by atoms with Crippen LogP contribution in [0.2, 0.25) is 0 Å². The van der Waals surface area contributed by atoms with E-state index < -0.39 is 29.8 Å². The molecule has 6 N–H and O–H groups in total. The maximum Gasteiger partial charge on any atom is 0.351 e. The molecule has 27 heteroatoms.